The minimum absolute atomic E-state index is 0.0866. The van der Waals surface area contributed by atoms with Crippen LogP contribution >= 0.6 is 0 Å². The van der Waals surface area contributed by atoms with E-state index in [0.717, 1.165) is 28.1 Å². The molecule has 0 bridgehead atoms. The SMILES string of the molecule is c1ccc(-c2ccc(-c3cc(-c4ccccc4)cc(-c4cccc(-c5cccc(C6=N[C@@H](c7ccccc7)NC(c7ccccc7)N6)c5)c4)c3)cc2)cc1. The van der Waals surface area contributed by atoms with Crippen LogP contribution in [0, 0.1) is 0 Å². The fraction of sp³-hybridized carbons (Fsp3) is 0.0392. The minimum Gasteiger partial charge on any atom is -0.350 e. The summed E-state index contributed by atoms with van der Waals surface area (Å²) in [5.74, 6) is 0.868. The van der Waals surface area contributed by atoms with Gasteiger partial charge in [-0.05, 0) is 97.1 Å². The lowest BCUT2D eigenvalue weighted by Gasteiger charge is -2.32. The van der Waals surface area contributed by atoms with Crippen molar-refractivity contribution in [2.24, 2.45) is 4.99 Å². The molecule has 2 N–H and O–H groups in total. The van der Waals surface area contributed by atoms with Crippen molar-refractivity contribution in [3.63, 3.8) is 0 Å². The molecular formula is C51H39N3. The van der Waals surface area contributed by atoms with E-state index in [1.54, 1.807) is 0 Å². The van der Waals surface area contributed by atoms with E-state index in [4.69, 9.17) is 4.99 Å². The van der Waals surface area contributed by atoms with Gasteiger partial charge in [0.1, 0.15) is 18.2 Å². The number of nitrogens with one attached hydrogen (secondary N) is 2. The summed E-state index contributed by atoms with van der Waals surface area (Å²) in [4.78, 5) is 5.19. The first-order valence-electron chi connectivity index (χ1n) is 18.5. The maximum atomic E-state index is 5.19. The van der Waals surface area contributed by atoms with Crippen LogP contribution < -0.4 is 10.6 Å². The summed E-state index contributed by atoms with van der Waals surface area (Å²) in [6.45, 7) is 0. The molecule has 2 atom stereocenters. The maximum absolute atomic E-state index is 5.19. The van der Waals surface area contributed by atoms with Gasteiger partial charge >= 0.3 is 0 Å². The zero-order valence-corrected chi connectivity index (χ0v) is 29.8. The van der Waals surface area contributed by atoms with Gasteiger partial charge in [-0.2, -0.15) is 0 Å². The third kappa shape index (κ3) is 7.14. The summed E-state index contributed by atoms with van der Waals surface area (Å²) in [6.07, 6.45) is -0.267. The molecule has 0 amide bonds. The van der Waals surface area contributed by atoms with Crippen LogP contribution in [-0.4, -0.2) is 5.84 Å². The molecule has 0 saturated heterocycles. The molecule has 9 rings (SSSR count). The predicted molar refractivity (Wildman–Crippen MR) is 225 cm³/mol. The number of benzene rings is 8. The molecule has 0 aliphatic carbocycles. The number of aliphatic imine (C=N–C) groups is 1. The van der Waals surface area contributed by atoms with Crippen LogP contribution in [0.25, 0.3) is 55.6 Å². The molecule has 0 aromatic heterocycles. The summed E-state index contributed by atoms with van der Waals surface area (Å²) in [5.41, 5.74) is 15.2. The van der Waals surface area contributed by atoms with Crippen molar-refractivity contribution < 1.29 is 0 Å². The van der Waals surface area contributed by atoms with E-state index in [2.05, 4.69) is 217 Å². The highest BCUT2D eigenvalue weighted by Crippen LogP contribution is 2.36. The molecule has 258 valence electrons. The zero-order valence-electron chi connectivity index (χ0n) is 29.8. The Morgan fingerprint density at radius 2 is 0.648 bits per heavy atom. The molecule has 8 aromatic rings. The molecule has 54 heavy (non-hydrogen) atoms. The molecule has 3 nitrogen and oxygen atoms in total. The van der Waals surface area contributed by atoms with Crippen LogP contribution in [0.4, 0.5) is 0 Å². The highest BCUT2D eigenvalue weighted by Gasteiger charge is 2.25. The number of rotatable bonds is 8. The summed E-state index contributed by atoms with van der Waals surface area (Å²) in [6, 6.07) is 75.6. The van der Waals surface area contributed by atoms with Crippen molar-refractivity contribution in [3.8, 4) is 55.6 Å². The highest BCUT2D eigenvalue weighted by molar-refractivity contribution is 6.00. The molecule has 0 radical (unpaired) electrons. The largest absolute Gasteiger partial charge is 0.350 e. The van der Waals surface area contributed by atoms with E-state index in [0.29, 0.717) is 0 Å². The third-order valence-electron chi connectivity index (χ3n) is 10.1. The predicted octanol–water partition coefficient (Wildman–Crippen LogP) is 12.4. The van der Waals surface area contributed by atoms with E-state index in [9.17, 15) is 0 Å². The van der Waals surface area contributed by atoms with Crippen LogP contribution in [0.5, 0.6) is 0 Å². The second-order valence-corrected chi connectivity index (χ2v) is 13.7. The van der Waals surface area contributed by atoms with Crippen molar-refractivity contribution in [1.82, 2.24) is 10.6 Å². The van der Waals surface area contributed by atoms with Crippen molar-refractivity contribution in [1.29, 1.82) is 0 Å². The van der Waals surface area contributed by atoms with Gasteiger partial charge in [-0.1, -0.05) is 182 Å². The van der Waals surface area contributed by atoms with Crippen molar-refractivity contribution in [2.75, 3.05) is 0 Å². The second-order valence-electron chi connectivity index (χ2n) is 13.7. The van der Waals surface area contributed by atoms with Gasteiger partial charge < -0.3 is 5.32 Å². The topological polar surface area (TPSA) is 36.4 Å². The van der Waals surface area contributed by atoms with Crippen molar-refractivity contribution >= 4 is 5.84 Å². The van der Waals surface area contributed by atoms with E-state index in [1.807, 2.05) is 6.07 Å². The van der Waals surface area contributed by atoms with Gasteiger partial charge in [-0.15, -0.1) is 0 Å². The van der Waals surface area contributed by atoms with E-state index in [1.165, 1.54) is 50.1 Å². The molecule has 1 aliphatic rings. The fourth-order valence-corrected chi connectivity index (χ4v) is 7.30. The van der Waals surface area contributed by atoms with Gasteiger partial charge in [0.05, 0.1) is 0 Å². The van der Waals surface area contributed by atoms with Crippen molar-refractivity contribution in [2.45, 2.75) is 12.3 Å². The first-order valence-corrected chi connectivity index (χ1v) is 18.5. The zero-order chi connectivity index (χ0) is 36.1. The Bertz CT molecular complexity index is 2530. The monoisotopic (exact) mass is 693 g/mol. The fourth-order valence-electron chi connectivity index (χ4n) is 7.30. The number of hydrogen-bond donors (Lipinski definition) is 2. The second kappa shape index (κ2) is 15.0. The Morgan fingerprint density at radius 1 is 0.296 bits per heavy atom. The average molecular weight is 694 g/mol. The molecule has 0 spiro atoms. The van der Waals surface area contributed by atoms with Gasteiger partial charge in [-0.25, -0.2) is 4.99 Å². The quantitative estimate of drug-likeness (QED) is 0.166. The lowest BCUT2D eigenvalue weighted by atomic mass is 9.91. The molecular weight excluding hydrogens is 655 g/mol. The normalized spacial score (nSPS) is 15.2. The molecule has 1 aliphatic heterocycles. The Labute approximate surface area is 317 Å². The van der Waals surface area contributed by atoms with Crippen LogP contribution in [0.1, 0.15) is 29.0 Å². The first kappa shape index (κ1) is 33.1. The Hall–Kier alpha value is -6.81. The Kier molecular flexibility index (Phi) is 9.21. The van der Waals surface area contributed by atoms with Gasteiger partial charge in [-0.3, -0.25) is 5.32 Å². The standard InChI is InChI=1S/C51H39N3/c1-5-15-36(16-6-1)38-27-29-39(30-28-38)47-33-46(37-17-7-2-8-18-37)34-48(35-47)44-25-13-23-42(31-44)43-24-14-26-45(32-43)51-53-49(40-19-9-3-10-20-40)52-50(54-51)41-21-11-4-12-22-41/h1-35,49-50,52H,(H,53,54)/t49-,50?/m0/s1. The van der Waals surface area contributed by atoms with Gasteiger partial charge in [0.25, 0.3) is 0 Å². The van der Waals surface area contributed by atoms with Crippen molar-refractivity contribution in [3.05, 3.63) is 229 Å². The van der Waals surface area contributed by atoms with Crippen LogP contribution in [-0.2, 0) is 0 Å². The van der Waals surface area contributed by atoms with E-state index < -0.39 is 0 Å². The number of amidine groups is 1. The minimum atomic E-state index is -0.180. The number of hydrogen-bond acceptors (Lipinski definition) is 3. The lowest BCUT2D eigenvalue weighted by molar-refractivity contribution is 0.409. The highest BCUT2D eigenvalue weighted by atomic mass is 15.3. The van der Waals surface area contributed by atoms with E-state index >= 15 is 0 Å². The van der Waals surface area contributed by atoms with Gasteiger partial charge in [0, 0.05) is 5.56 Å². The van der Waals surface area contributed by atoms with Crippen LogP contribution in [0.3, 0.4) is 0 Å². The molecule has 3 heteroatoms. The van der Waals surface area contributed by atoms with Gasteiger partial charge in [0.2, 0.25) is 0 Å². The maximum Gasteiger partial charge on any atom is 0.131 e. The number of nitrogens with zero attached hydrogens (tertiary/aromatic N) is 1. The summed E-state index contributed by atoms with van der Waals surface area (Å²) in [7, 11) is 0. The summed E-state index contributed by atoms with van der Waals surface area (Å²) < 4.78 is 0. The Morgan fingerprint density at radius 3 is 1.20 bits per heavy atom. The third-order valence-corrected chi connectivity index (χ3v) is 10.1. The van der Waals surface area contributed by atoms with Crippen LogP contribution in [0.15, 0.2) is 217 Å². The molecule has 0 fully saturated rings. The molecule has 0 saturated carbocycles. The average Bonchev–Trinajstić information content (AvgIpc) is 3.27. The lowest BCUT2D eigenvalue weighted by Crippen LogP contribution is -2.44. The summed E-state index contributed by atoms with van der Waals surface area (Å²) >= 11 is 0. The smallest absolute Gasteiger partial charge is 0.131 e. The van der Waals surface area contributed by atoms with Crippen LogP contribution in [0.2, 0.25) is 0 Å². The van der Waals surface area contributed by atoms with Gasteiger partial charge in [0.15, 0.2) is 0 Å². The Balaban J connectivity index is 1.07. The van der Waals surface area contributed by atoms with E-state index in [-0.39, 0.29) is 12.3 Å². The first-order chi connectivity index (χ1) is 26.7. The molecule has 1 unspecified atom stereocenters. The summed E-state index contributed by atoms with van der Waals surface area (Å²) in [5, 5.41) is 7.40. The molecule has 8 aromatic carbocycles. The molecule has 1 heterocycles.